The summed E-state index contributed by atoms with van der Waals surface area (Å²) in [6.07, 6.45) is 0. The Bertz CT molecular complexity index is 39.3. The van der Waals surface area contributed by atoms with Gasteiger partial charge in [0, 0.05) is 0 Å². The fourth-order valence-electron chi connectivity index (χ4n) is 0.204. The van der Waals surface area contributed by atoms with Gasteiger partial charge >= 0.3 is 59.1 Å². The van der Waals surface area contributed by atoms with Crippen molar-refractivity contribution in [3.8, 4) is 0 Å². The third-order valence-electron chi connectivity index (χ3n) is 0.408. The van der Waals surface area contributed by atoms with Crippen molar-refractivity contribution in [3.05, 3.63) is 0 Å². The van der Waals surface area contributed by atoms with Crippen LogP contribution in [-0.2, 0) is 0 Å². The maximum absolute atomic E-state index is 7.00. The standard InChI is InChI=1S/C4H10S.BH2O2.K.H2O.H/c1-3-5-4-2;2-1-3;;;/h3-4H2,1-2H3;2-3H;;1H2;/q;;+1;;-1. The second kappa shape index (κ2) is 30.6. The summed E-state index contributed by atoms with van der Waals surface area (Å²) < 4.78 is 0. The second-order valence-corrected chi connectivity index (χ2v) is 2.46. The van der Waals surface area contributed by atoms with E-state index >= 15 is 0 Å². The van der Waals surface area contributed by atoms with E-state index < -0.39 is 0 Å². The molecule has 4 N–H and O–H groups in total. The van der Waals surface area contributed by atoms with Gasteiger partial charge < -0.3 is 17.0 Å². The van der Waals surface area contributed by atoms with Crippen molar-refractivity contribution in [2.75, 3.05) is 11.5 Å². The van der Waals surface area contributed by atoms with Crippen molar-refractivity contribution in [2.24, 2.45) is 0 Å². The number of rotatable bonds is 2. The minimum atomic E-state index is 0. The Labute approximate surface area is 111 Å². The predicted molar refractivity (Wildman–Crippen MR) is 43.6 cm³/mol. The van der Waals surface area contributed by atoms with Crippen LogP contribution in [0.1, 0.15) is 15.3 Å². The molecule has 6 heteroatoms. The molecule has 3 nitrogen and oxygen atoms in total. The molecule has 0 fully saturated rings. The van der Waals surface area contributed by atoms with Gasteiger partial charge in [0.25, 0.3) is 0 Å². The van der Waals surface area contributed by atoms with Gasteiger partial charge in [-0.15, -0.1) is 0 Å². The van der Waals surface area contributed by atoms with Crippen molar-refractivity contribution >= 4 is 19.4 Å². The molecule has 1 radical (unpaired) electrons. The third kappa shape index (κ3) is 51.3. The Balaban J connectivity index is -0.0000000183. The molecule has 0 atom stereocenters. The van der Waals surface area contributed by atoms with Gasteiger partial charge in [0.15, 0.2) is 0 Å². The summed E-state index contributed by atoms with van der Waals surface area (Å²) in [6.45, 7) is 4.35. The van der Waals surface area contributed by atoms with Crippen LogP contribution >= 0.6 is 11.8 Å². The minimum Gasteiger partial charge on any atom is -1.00 e. The molecule has 10 heavy (non-hydrogen) atoms. The SMILES string of the molecule is CCSCC.O.O[B]O.[H-].[K+]. The van der Waals surface area contributed by atoms with Crippen LogP contribution in [0.4, 0.5) is 0 Å². The average Bonchev–Trinajstić information content (AvgIpc) is 1.71. The smallest absolute Gasteiger partial charge is 1.00 e. The van der Waals surface area contributed by atoms with Crippen molar-refractivity contribution < 1.29 is 68.3 Å². The van der Waals surface area contributed by atoms with Crippen LogP contribution in [0.15, 0.2) is 0 Å². The quantitative estimate of drug-likeness (QED) is 0.448. The van der Waals surface area contributed by atoms with Crippen LogP contribution < -0.4 is 51.4 Å². The van der Waals surface area contributed by atoms with Crippen LogP contribution in [0.5, 0.6) is 0 Å². The zero-order valence-electron chi connectivity index (χ0n) is 7.79. The maximum atomic E-state index is 7.00. The molecule has 0 bridgehead atoms. The molecule has 0 aromatic heterocycles. The topological polar surface area (TPSA) is 72.0 Å². The van der Waals surface area contributed by atoms with Gasteiger partial charge in [0.2, 0.25) is 0 Å². The van der Waals surface area contributed by atoms with Crippen LogP contribution in [0.25, 0.3) is 0 Å². The molecule has 0 spiro atoms. The van der Waals surface area contributed by atoms with E-state index in [0.717, 1.165) is 0 Å². The first-order valence-corrected chi connectivity index (χ1v) is 3.66. The molecule has 0 heterocycles. The summed E-state index contributed by atoms with van der Waals surface area (Å²) in [5.74, 6) is 2.52. The summed E-state index contributed by atoms with van der Waals surface area (Å²) in [5.41, 5.74) is 0. The Morgan fingerprint density at radius 2 is 1.50 bits per heavy atom. The van der Waals surface area contributed by atoms with Crippen molar-refractivity contribution in [3.63, 3.8) is 0 Å². The van der Waals surface area contributed by atoms with E-state index in [2.05, 4.69) is 13.8 Å². The molecule has 0 unspecified atom stereocenters. The molecule has 0 rings (SSSR count). The van der Waals surface area contributed by atoms with Gasteiger partial charge in [-0.25, -0.2) is 0 Å². The van der Waals surface area contributed by atoms with Crippen molar-refractivity contribution in [1.82, 2.24) is 0 Å². The fraction of sp³-hybridized carbons (Fsp3) is 1.00. The van der Waals surface area contributed by atoms with Crippen molar-refractivity contribution in [2.45, 2.75) is 13.8 Å². The zero-order chi connectivity index (χ0) is 6.83. The number of thioether (sulfide) groups is 1. The van der Waals surface area contributed by atoms with E-state index in [4.69, 9.17) is 10.0 Å². The Kier molecular flexibility index (Phi) is 69.5. The Hall–Kier alpha value is 1.93. The fourth-order valence-corrected chi connectivity index (χ4v) is 0.612. The van der Waals surface area contributed by atoms with Gasteiger partial charge in [0.05, 0.1) is 0 Å². The first-order valence-electron chi connectivity index (χ1n) is 2.51. The van der Waals surface area contributed by atoms with E-state index in [-0.39, 0.29) is 66.0 Å². The van der Waals surface area contributed by atoms with Gasteiger partial charge in [0.1, 0.15) is 0 Å². The third-order valence-corrected chi connectivity index (χ3v) is 1.22. The Morgan fingerprint density at radius 3 is 1.50 bits per heavy atom. The van der Waals surface area contributed by atoms with Crippen molar-refractivity contribution in [1.29, 1.82) is 0 Å². The first kappa shape index (κ1) is 22.7. The summed E-state index contributed by atoms with van der Waals surface area (Å²) >= 11 is 1.96. The molecule has 0 aromatic rings. The van der Waals surface area contributed by atoms with E-state index in [1.165, 1.54) is 11.5 Å². The molecule has 0 saturated heterocycles. The zero-order valence-corrected chi connectivity index (χ0v) is 10.7. The maximum Gasteiger partial charge on any atom is 1.00 e. The molecular formula is C4H15BKO3S. The van der Waals surface area contributed by atoms with Gasteiger partial charge in [-0.05, 0) is 11.5 Å². The van der Waals surface area contributed by atoms with Crippen LogP contribution in [0.2, 0.25) is 0 Å². The minimum absolute atomic E-state index is 0. The van der Waals surface area contributed by atoms with E-state index in [1.54, 1.807) is 0 Å². The largest absolute Gasteiger partial charge is 1.00 e. The molecule has 0 amide bonds. The van der Waals surface area contributed by atoms with Gasteiger partial charge in [-0.1, -0.05) is 13.8 Å². The monoisotopic (exact) mass is 193 g/mol. The summed E-state index contributed by atoms with van der Waals surface area (Å²) in [4.78, 5) is 0. The summed E-state index contributed by atoms with van der Waals surface area (Å²) in [7, 11) is 0. The van der Waals surface area contributed by atoms with Crippen LogP contribution in [0.3, 0.4) is 0 Å². The predicted octanol–water partition coefficient (Wildman–Crippen LogP) is -3.44. The summed E-state index contributed by atoms with van der Waals surface area (Å²) in [5, 5.41) is 14.0. The average molecular weight is 193 g/mol. The molecule has 0 aliphatic rings. The number of hydrogen-bond donors (Lipinski definition) is 2. The normalized spacial score (nSPS) is 5.60. The molecule has 0 saturated carbocycles. The molecule has 59 valence electrons. The first-order chi connectivity index (χ1) is 3.83. The van der Waals surface area contributed by atoms with Gasteiger partial charge in [-0.2, -0.15) is 11.8 Å². The Morgan fingerprint density at radius 1 is 1.30 bits per heavy atom. The molecule has 0 aromatic carbocycles. The molecule has 0 aliphatic carbocycles. The van der Waals surface area contributed by atoms with E-state index in [9.17, 15) is 0 Å². The van der Waals surface area contributed by atoms with E-state index in [0.29, 0.717) is 0 Å². The summed E-state index contributed by atoms with van der Waals surface area (Å²) in [6, 6.07) is 0. The van der Waals surface area contributed by atoms with Gasteiger partial charge in [-0.3, -0.25) is 0 Å². The van der Waals surface area contributed by atoms with E-state index in [1.807, 2.05) is 11.8 Å². The molecular weight excluding hydrogens is 178 g/mol. The number of hydrogen-bond acceptors (Lipinski definition) is 3. The van der Waals surface area contributed by atoms with Crippen LogP contribution in [0, 0.1) is 0 Å². The van der Waals surface area contributed by atoms with Crippen LogP contribution in [-0.4, -0.2) is 34.7 Å². The molecule has 0 aliphatic heterocycles. The second-order valence-electron chi connectivity index (χ2n) is 0.897.